The van der Waals surface area contributed by atoms with Crippen LogP contribution in [0.5, 0.6) is 0 Å². The highest BCUT2D eigenvalue weighted by Gasteiger charge is 2.38. The molecule has 0 aromatic carbocycles. The van der Waals surface area contributed by atoms with Crippen LogP contribution in [0, 0.1) is 5.41 Å². The van der Waals surface area contributed by atoms with Crippen LogP contribution in [0.1, 0.15) is 58.3 Å². The van der Waals surface area contributed by atoms with Crippen molar-refractivity contribution in [1.29, 1.82) is 0 Å². The first-order valence-electron chi connectivity index (χ1n) is 6.55. The second-order valence-electron chi connectivity index (χ2n) is 5.23. The molecule has 0 bridgehead atoms. The van der Waals surface area contributed by atoms with Crippen LogP contribution in [0.2, 0.25) is 0 Å². The minimum atomic E-state index is -0.726. The fraction of sp³-hybridized carbons (Fsp3) is 0.846. The van der Waals surface area contributed by atoms with Crippen LogP contribution >= 0.6 is 0 Å². The predicted octanol–water partition coefficient (Wildman–Crippen LogP) is 2.33. The number of hydrogen-bond donors (Lipinski definition) is 2. The van der Waals surface area contributed by atoms with Gasteiger partial charge in [-0.25, -0.2) is 0 Å². The standard InChI is InChI=1S/C13H23NO3/c1-13(8-6-9-13)12(17)14-10-5-3-2-4-7-11(15)16/h2-10H2,1H3,(H,14,17)(H,15,16). The molecule has 4 heteroatoms. The molecule has 1 aliphatic carbocycles. The molecule has 0 spiro atoms. The van der Waals surface area contributed by atoms with Gasteiger partial charge in [-0.3, -0.25) is 9.59 Å². The van der Waals surface area contributed by atoms with Crippen LogP contribution in [-0.4, -0.2) is 23.5 Å². The fourth-order valence-electron chi connectivity index (χ4n) is 2.10. The third kappa shape index (κ3) is 4.75. The number of rotatable bonds is 8. The van der Waals surface area contributed by atoms with Gasteiger partial charge in [-0.15, -0.1) is 0 Å². The van der Waals surface area contributed by atoms with Gasteiger partial charge in [-0.2, -0.15) is 0 Å². The summed E-state index contributed by atoms with van der Waals surface area (Å²) in [5, 5.41) is 11.4. The molecule has 0 aliphatic heterocycles. The van der Waals surface area contributed by atoms with Gasteiger partial charge in [0.05, 0.1) is 0 Å². The Hall–Kier alpha value is -1.06. The van der Waals surface area contributed by atoms with Gasteiger partial charge in [0.25, 0.3) is 0 Å². The Morgan fingerprint density at radius 3 is 2.35 bits per heavy atom. The zero-order valence-electron chi connectivity index (χ0n) is 10.6. The molecule has 1 aliphatic rings. The lowest BCUT2D eigenvalue weighted by atomic mass is 9.70. The quantitative estimate of drug-likeness (QED) is 0.641. The van der Waals surface area contributed by atoms with E-state index in [9.17, 15) is 9.59 Å². The summed E-state index contributed by atoms with van der Waals surface area (Å²) in [4.78, 5) is 22.0. The monoisotopic (exact) mass is 241 g/mol. The summed E-state index contributed by atoms with van der Waals surface area (Å²) < 4.78 is 0. The molecule has 0 unspecified atom stereocenters. The summed E-state index contributed by atoms with van der Waals surface area (Å²) in [6, 6.07) is 0. The first-order chi connectivity index (χ1) is 8.04. The number of carboxylic acids is 1. The van der Waals surface area contributed by atoms with Gasteiger partial charge in [-0.1, -0.05) is 26.2 Å². The second kappa shape index (κ2) is 6.62. The van der Waals surface area contributed by atoms with E-state index in [0.717, 1.165) is 45.1 Å². The maximum atomic E-state index is 11.7. The second-order valence-corrected chi connectivity index (χ2v) is 5.23. The fourth-order valence-corrected chi connectivity index (χ4v) is 2.10. The average Bonchev–Trinajstić information content (AvgIpc) is 2.23. The number of nitrogens with one attached hydrogen (secondary N) is 1. The number of amides is 1. The van der Waals surface area contributed by atoms with E-state index in [-0.39, 0.29) is 17.7 Å². The van der Waals surface area contributed by atoms with Crippen molar-refractivity contribution in [2.24, 2.45) is 5.41 Å². The lowest BCUT2D eigenvalue weighted by molar-refractivity contribution is -0.137. The summed E-state index contributed by atoms with van der Waals surface area (Å²) >= 11 is 0. The van der Waals surface area contributed by atoms with Crippen molar-refractivity contribution in [3.63, 3.8) is 0 Å². The van der Waals surface area contributed by atoms with Crippen molar-refractivity contribution in [3.8, 4) is 0 Å². The van der Waals surface area contributed by atoms with E-state index in [1.807, 2.05) is 6.92 Å². The SMILES string of the molecule is CC1(C(=O)NCCCCCCC(=O)O)CCC1. The number of carbonyl (C=O) groups is 2. The summed E-state index contributed by atoms with van der Waals surface area (Å²) in [6.07, 6.45) is 7.05. The molecule has 0 heterocycles. The van der Waals surface area contributed by atoms with Crippen LogP contribution in [0.25, 0.3) is 0 Å². The Kier molecular flexibility index (Phi) is 5.45. The highest BCUT2D eigenvalue weighted by molar-refractivity contribution is 5.82. The lowest BCUT2D eigenvalue weighted by Gasteiger charge is -2.36. The molecule has 1 rings (SSSR count). The first-order valence-corrected chi connectivity index (χ1v) is 6.55. The van der Waals surface area contributed by atoms with Crippen LogP contribution in [0.3, 0.4) is 0 Å². The molecule has 17 heavy (non-hydrogen) atoms. The maximum absolute atomic E-state index is 11.7. The van der Waals surface area contributed by atoms with Gasteiger partial charge in [0.15, 0.2) is 0 Å². The third-order valence-electron chi connectivity index (χ3n) is 3.61. The highest BCUT2D eigenvalue weighted by atomic mass is 16.4. The van der Waals surface area contributed by atoms with Crippen LogP contribution < -0.4 is 5.32 Å². The van der Waals surface area contributed by atoms with Crippen LogP contribution in [0.4, 0.5) is 0 Å². The van der Waals surface area contributed by atoms with E-state index in [1.54, 1.807) is 0 Å². The molecule has 0 aromatic rings. The van der Waals surface area contributed by atoms with Gasteiger partial charge < -0.3 is 10.4 Å². The predicted molar refractivity (Wildman–Crippen MR) is 65.7 cm³/mol. The number of carbonyl (C=O) groups excluding carboxylic acids is 1. The van der Waals surface area contributed by atoms with Gasteiger partial charge >= 0.3 is 5.97 Å². The average molecular weight is 241 g/mol. The number of hydrogen-bond acceptors (Lipinski definition) is 2. The molecule has 0 aromatic heterocycles. The van der Waals surface area contributed by atoms with Gasteiger partial charge in [0.1, 0.15) is 0 Å². The van der Waals surface area contributed by atoms with Crippen molar-refractivity contribution in [3.05, 3.63) is 0 Å². The van der Waals surface area contributed by atoms with Gasteiger partial charge in [0, 0.05) is 18.4 Å². The van der Waals surface area contributed by atoms with E-state index in [0.29, 0.717) is 0 Å². The Morgan fingerprint density at radius 2 is 1.82 bits per heavy atom. The molecule has 1 amide bonds. The van der Waals surface area contributed by atoms with Crippen LogP contribution in [0.15, 0.2) is 0 Å². The van der Waals surface area contributed by atoms with E-state index < -0.39 is 5.97 Å². The van der Waals surface area contributed by atoms with Crippen LogP contribution in [-0.2, 0) is 9.59 Å². The Balaban J connectivity index is 1.93. The molecule has 0 radical (unpaired) electrons. The highest BCUT2D eigenvalue weighted by Crippen LogP contribution is 2.40. The van der Waals surface area contributed by atoms with Gasteiger partial charge in [-0.05, 0) is 25.7 Å². The van der Waals surface area contributed by atoms with E-state index in [1.165, 1.54) is 6.42 Å². The van der Waals surface area contributed by atoms with Gasteiger partial charge in [0.2, 0.25) is 5.91 Å². The van der Waals surface area contributed by atoms with Crippen molar-refractivity contribution in [2.45, 2.75) is 58.3 Å². The maximum Gasteiger partial charge on any atom is 0.303 e. The first kappa shape index (κ1) is 14.0. The lowest BCUT2D eigenvalue weighted by Crippen LogP contribution is -2.43. The molecule has 1 saturated carbocycles. The minimum Gasteiger partial charge on any atom is -0.481 e. The normalized spacial score (nSPS) is 17.2. The number of aliphatic carboxylic acids is 1. The van der Waals surface area contributed by atoms with E-state index in [4.69, 9.17) is 5.11 Å². The molecular weight excluding hydrogens is 218 g/mol. The summed E-state index contributed by atoms with van der Waals surface area (Å²) in [7, 11) is 0. The minimum absolute atomic E-state index is 0.108. The van der Waals surface area contributed by atoms with E-state index in [2.05, 4.69) is 5.32 Å². The van der Waals surface area contributed by atoms with Crippen molar-refractivity contribution < 1.29 is 14.7 Å². The summed E-state index contributed by atoms with van der Waals surface area (Å²) in [5.74, 6) is -0.537. The molecule has 4 nitrogen and oxygen atoms in total. The van der Waals surface area contributed by atoms with E-state index >= 15 is 0 Å². The Bertz CT molecular complexity index is 272. The third-order valence-corrected chi connectivity index (χ3v) is 3.61. The van der Waals surface area contributed by atoms with Crippen molar-refractivity contribution in [1.82, 2.24) is 5.32 Å². The Morgan fingerprint density at radius 1 is 1.18 bits per heavy atom. The molecular formula is C13H23NO3. The molecule has 2 N–H and O–H groups in total. The summed E-state index contributed by atoms with van der Waals surface area (Å²) in [6.45, 7) is 2.75. The number of carboxylic acid groups (broad SMARTS) is 1. The molecule has 0 saturated heterocycles. The molecule has 98 valence electrons. The number of unbranched alkanes of at least 4 members (excludes halogenated alkanes) is 3. The zero-order chi connectivity index (χ0) is 12.7. The Labute approximate surface area is 103 Å². The molecule has 0 atom stereocenters. The summed E-state index contributed by atoms with van der Waals surface area (Å²) in [5.41, 5.74) is -0.108. The van der Waals surface area contributed by atoms with Crippen molar-refractivity contribution >= 4 is 11.9 Å². The zero-order valence-corrected chi connectivity index (χ0v) is 10.6. The van der Waals surface area contributed by atoms with Crippen molar-refractivity contribution in [2.75, 3.05) is 6.54 Å². The largest absolute Gasteiger partial charge is 0.481 e. The molecule has 1 fully saturated rings. The smallest absolute Gasteiger partial charge is 0.303 e. The topological polar surface area (TPSA) is 66.4 Å².